The molecule has 52 valence electrons. The molecule has 1 fully saturated rings. The van der Waals surface area contributed by atoms with E-state index in [9.17, 15) is 0 Å². The molecule has 0 aromatic heterocycles. The third-order valence-corrected chi connectivity index (χ3v) is 1.99. The van der Waals surface area contributed by atoms with Gasteiger partial charge in [0, 0.05) is 6.54 Å². The van der Waals surface area contributed by atoms with Crippen molar-refractivity contribution in [2.45, 2.75) is 26.2 Å². The molecule has 1 rings (SSSR count). The van der Waals surface area contributed by atoms with Crippen molar-refractivity contribution in [1.82, 2.24) is 0 Å². The Bertz CT molecular complexity index is 112. The van der Waals surface area contributed by atoms with Crippen LogP contribution >= 0.6 is 0 Å². The highest BCUT2D eigenvalue weighted by molar-refractivity contribution is 5.04. The van der Waals surface area contributed by atoms with E-state index in [0.29, 0.717) is 0 Å². The topological polar surface area (TPSA) is 26.0 Å². The maximum Gasteiger partial charge on any atom is 0.0134 e. The Kier molecular flexibility index (Phi) is 2.29. The van der Waals surface area contributed by atoms with Crippen LogP contribution in [0.3, 0.4) is 0 Å². The molecule has 0 saturated heterocycles. The van der Waals surface area contributed by atoms with Gasteiger partial charge in [0.05, 0.1) is 0 Å². The molecule has 9 heavy (non-hydrogen) atoms. The van der Waals surface area contributed by atoms with Crippen molar-refractivity contribution < 1.29 is 0 Å². The van der Waals surface area contributed by atoms with Crippen molar-refractivity contribution in [3.63, 3.8) is 0 Å². The van der Waals surface area contributed by atoms with Crippen LogP contribution in [0.5, 0.6) is 0 Å². The van der Waals surface area contributed by atoms with Crippen molar-refractivity contribution in [2.75, 3.05) is 6.54 Å². The summed E-state index contributed by atoms with van der Waals surface area (Å²) in [5.41, 5.74) is 6.78. The molecule has 0 amide bonds. The molecule has 0 aromatic rings. The molecular formula is C8H15N. The minimum absolute atomic E-state index is 0.733. The van der Waals surface area contributed by atoms with Crippen molar-refractivity contribution >= 4 is 0 Å². The minimum Gasteiger partial charge on any atom is -0.327 e. The van der Waals surface area contributed by atoms with E-state index in [-0.39, 0.29) is 0 Å². The van der Waals surface area contributed by atoms with Crippen LogP contribution in [0, 0.1) is 5.92 Å². The standard InChI is InChI=1S/C8H15N/c1-7(6-9)5-8-3-2-4-8/h5,8H,2-4,6,9H2,1H3. The highest BCUT2D eigenvalue weighted by Gasteiger charge is 2.13. The third kappa shape index (κ3) is 1.83. The van der Waals surface area contributed by atoms with Gasteiger partial charge < -0.3 is 5.73 Å². The first-order valence-corrected chi connectivity index (χ1v) is 3.70. The maximum absolute atomic E-state index is 5.43. The fraction of sp³-hybridized carbons (Fsp3) is 0.750. The normalized spacial score (nSPS) is 21.8. The summed E-state index contributed by atoms with van der Waals surface area (Å²) in [5.74, 6) is 0.869. The fourth-order valence-corrected chi connectivity index (χ4v) is 1.08. The summed E-state index contributed by atoms with van der Waals surface area (Å²) in [7, 11) is 0. The lowest BCUT2D eigenvalue weighted by Crippen LogP contribution is -2.10. The Balaban J connectivity index is 2.27. The Morgan fingerprint density at radius 1 is 1.67 bits per heavy atom. The summed E-state index contributed by atoms with van der Waals surface area (Å²) in [4.78, 5) is 0. The van der Waals surface area contributed by atoms with Crippen molar-refractivity contribution in [2.24, 2.45) is 11.7 Å². The Hall–Kier alpha value is -0.300. The van der Waals surface area contributed by atoms with Crippen molar-refractivity contribution in [3.05, 3.63) is 11.6 Å². The zero-order chi connectivity index (χ0) is 6.69. The van der Waals surface area contributed by atoms with Crippen LogP contribution in [-0.2, 0) is 0 Å². The maximum atomic E-state index is 5.43. The van der Waals surface area contributed by atoms with E-state index in [4.69, 9.17) is 5.73 Å². The summed E-state index contributed by atoms with van der Waals surface area (Å²) >= 11 is 0. The van der Waals surface area contributed by atoms with Crippen LogP contribution in [0.2, 0.25) is 0 Å². The second kappa shape index (κ2) is 3.02. The number of allylic oxidation sites excluding steroid dienone is 1. The molecule has 0 bridgehead atoms. The molecule has 1 aliphatic rings. The first kappa shape index (κ1) is 6.81. The van der Waals surface area contributed by atoms with Crippen LogP contribution in [-0.4, -0.2) is 6.54 Å². The summed E-state index contributed by atoms with van der Waals surface area (Å²) < 4.78 is 0. The van der Waals surface area contributed by atoms with Gasteiger partial charge in [-0.15, -0.1) is 0 Å². The lowest BCUT2D eigenvalue weighted by Gasteiger charge is -2.22. The zero-order valence-electron chi connectivity index (χ0n) is 6.06. The van der Waals surface area contributed by atoms with Gasteiger partial charge in [-0.3, -0.25) is 0 Å². The van der Waals surface area contributed by atoms with E-state index in [2.05, 4.69) is 13.0 Å². The first-order chi connectivity index (χ1) is 4.33. The van der Waals surface area contributed by atoms with Gasteiger partial charge in [0.2, 0.25) is 0 Å². The van der Waals surface area contributed by atoms with Gasteiger partial charge in [0.1, 0.15) is 0 Å². The highest BCUT2D eigenvalue weighted by Crippen LogP contribution is 2.28. The van der Waals surface area contributed by atoms with Crippen molar-refractivity contribution in [1.29, 1.82) is 0 Å². The van der Waals surface area contributed by atoms with E-state index in [1.165, 1.54) is 24.8 Å². The van der Waals surface area contributed by atoms with E-state index in [1.54, 1.807) is 0 Å². The average Bonchev–Trinajstić information content (AvgIpc) is 1.78. The van der Waals surface area contributed by atoms with Gasteiger partial charge in [0.25, 0.3) is 0 Å². The number of rotatable bonds is 2. The highest BCUT2D eigenvalue weighted by atomic mass is 14.5. The molecule has 1 nitrogen and oxygen atoms in total. The van der Waals surface area contributed by atoms with Crippen LogP contribution < -0.4 is 5.73 Å². The molecule has 0 aliphatic heterocycles. The Morgan fingerprint density at radius 3 is 2.67 bits per heavy atom. The molecule has 0 heterocycles. The van der Waals surface area contributed by atoms with E-state index >= 15 is 0 Å². The van der Waals surface area contributed by atoms with Crippen molar-refractivity contribution in [3.8, 4) is 0 Å². The number of nitrogens with two attached hydrogens (primary N) is 1. The second-order valence-corrected chi connectivity index (χ2v) is 2.91. The third-order valence-electron chi connectivity index (χ3n) is 1.99. The predicted molar refractivity (Wildman–Crippen MR) is 40.2 cm³/mol. The number of hydrogen-bond donors (Lipinski definition) is 1. The smallest absolute Gasteiger partial charge is 0.0134 e. The predicted octanol–water partition coefficient (Wildman–Crippen LogP) is 1.69. The number of hydrogen-bond acceptors (Lipinski definition) is 1. The molecule has 0 radical (unpaired) electrons. The van der Waals surface area contributed by atoms with Crippen LogP contribution in [0.25, 0.3) is 0 Å². The Labute approximate surface area is 56.9 Å². The molecular weight excluding hydrogens is 110 g/mol. The first-order valence-electron chi connectivity index (χ1n) is 3.70. The van der Waals surface area contributed by atoms with Gasteiger partial charge >= 0.3 is 0 Å². The molecule has 0 atom stereocenters. The second-order valence-electron chi connectivity index (χ2n) is 2.91. The van der Waals surface area contributed by atoms with Gasteiger partial charge in [0.15, 0.2) is 0 Å². The summed E-state index contributed by atoms with van der Waals surface area (Å²) in [5, 5.41) is 0. The van der Waals surface area contributed by atoms with Crippen LogP contribution in [0.15, 0.2) is 11.6 Å². The summed E-state index contributed by atoms with van der Waals surface area (Å²) in [6.45, 7) is 2.84. The van der Waals surface area contributed by atoms with Gasteiger partial charge in [-0.1, -0.05) is 18.1 Å². The molecule has 2 N–H and O–H groups in total. The monoisotopic (exact) mass is 125 g/mol. The van der Waals surface area contributed by atoms with Gasteiger partial charge in [-0.25, -0.2) is 0 Å². The molecule has 0 unspecified atom stereocenters. The zero-order valence-corrected chi connectivity index (χ0v) is 6.06. The summed E-state index contributed by atoms with van der Waals surface area (Å²) in [6.07, 6.45) is 6.51. The molecule has 0 spiro atoms. The van der Waals surface area contributed by atoms with Gasteiger partial charge in [-0.2, -0.15) is 0 Å². The fourth-order valence-electron chi connectivity index (χ4n) is 1.08. The Morgan fingerprint density at radius 2 is 2.33 bits per heavy atom. The van der Waals surface area contributed by atoms with E-state index in [0.717, 1.165) is 12.5 Å². The SMILES string of the molecule is CC(=CC1CCC1)CN. The minimum atomic E-state index is 0.733. The van der Waals surface area contributed by atoms with E-state index in [1.807, 2.05) is 0 Å². The van der Waals surface area contributed by atoms with Crippen LogP contribution in [0.1, 0.15) is 26.2 Å². The molecule has 1 aliphatic carbocycles. The van der Waals surface area contributed by atoms with Crippen LogP contribution in [0.4, 0.5) is 0 Å². The summed E-state index contributed by atoms with van der Waals surface area (Å²) in [6, 6.07) is 0. The van der Waals surface area contributed by atoms with E-state index < -0.39 is 0 Å². The lowest BCUT2D eigenvalue weighted by atomic mass is 9.84. The van der Waals surface area contributed by atoms with Gasteiger partial charge in [-0.05, 0) is 25.7 Å². The average molecular weight is 125 g/mol. The molecule has 1 heteroatoms. The molecule has 0 aromatic carbocycles. The lowest BCUT2D eigenvalue weighted by molar-refractivity contribution is 0.386. The molecule has 1 saturated carbocycles. The quantitative estimate of drug-likeness (QED) is 0.558. The largest absolute Gasteiger partial charge is 0.327 e.